The van der Waals surface area contributed by atoms with E-state index in [1.54, 1.807) is 0 Å². The van der Waals surface area contributed by atoms with Crippen LogP contribution in [0, 0.1) is 6.92 Å². The number of aryl methyl sites for hydroxylation is 1. The molecule has 1 aliphatic heterocycles. The fraction of sp³-hybridized carbons (Fsp3) is 0.188. The SMILES string of the molecule is Cc1cccc(NC(=O)C2COc3ccccc32)c1. The number of rotatable bonds is 2. The van der Waals surface area contributed by atoms with Crippen LogP contribution in [0.1, 0.15) is 17.0 Å². The second-order valence-corrected chi connectivity index (χ2v) is 4.76. The van der Waals surface area contributed by atoms with Gasteiger partial charge in [0.05, 0.1) is 0 Å². The second kappa shape index (κ2) is 4.76. The van der Waals surface area contributed by atoms with Crippen molar-refractivity contribution in [2.75, 3.05) is 11.9 Å². The maximum atomic E-state index is 12.3. The van der Waals surface area contributed by atoms with Crippen molar-refractivity contribution in [2.45, 2.75) is 12.8 Å². The predicted octanol–water partition coefficient (Wildman–Crippen LogP) is 3.11. The predicted molar refractivity (Wildman–Crippen MR) is 74.5 cm³/mol. The summed E-state index contributed by atoms with van der Waals surface area (Å²) in [5, 5.41) is 2.95. The van der Waals surface area contributed by atoms with Gasteiger partial charge in [-0.3, -0.25) is 4.79 Å². The lowest BCUT2D eigenvalue weighted by atomic mass is 10.0. The Labute approximate surface area is 112 Å². The van der Waals surface area contributed by atoms with E-state index in [-0.39, 0.29) is 11.8 Å². The van der Waals surface area contributed by atoms with Gasteiger partial charge in [0.25, 0.3) is 0 Å². The summed E-state index contributed by atoms with van der Waals surface area (Å²) in [5.41, 5.74) is 2.92. The zero-order valence-corrected chi connectivity index (χ0v) is 10.7. The number of amides is 1. The van der Waals surface area contributed by atoms with E-state index < -0.39 is 0 Å². The van der Waals surface area contributed by atoms with Crippen molar-refractivity contribution in [3.05, 3.63) is 59.7 Å². The molecule has 1 unspecified atom stereocenters. The van der Waals surface area contributed by atoms with Gasteiger partial charge in [-0.15, -0.1) is 0 Å². The third-order valence-electron chi connectivity index (χ3n) is 3.30. The minimum Gasteiger partial charge on any atom is -0.492 e. The monoisotopic (exact) mass is 253 g/mol. The van der Waals surface area contributed by atoms with Crippen molar-refractivity contribution in [1.82, 2.24) is 0 Å². The smallest absolute Gasteiger partial charge is 0.235 e. The van der Waals surface area contributed by atoms with Crippen molar-refractivity contribution < 1.29 is 9.53 Å². The van der Waals surface area contributed by atoms with Gasteiger partial charge in [0, 0.05) is 11.3 Å². The Morgan fingerprint density at radius 3 is 2.89 bits per heavy atom. The van der Waals surface area contributed by atoms with Crippen molar-refractivity contribution in [2.24, 2.45) is 0 Å². The lowest BCUT2D eigenvalue weighted by Gasteiger charge is -2.10. The molecule has 3 rings (SSSR count). The highest BCUT2D eigenvalue weighted by Gasteiger charge is 2.29. The summed E-state index contributed by atoms with van der Waals surface area (Å²) in [6.45, 7) is 2.42. The Bertz CT molecular complexity index is 622. The van der Waals surface area contributed by atoms with Gasteiger partial charge in [-0.1, -0.05) is 30.3 Å². The van der Waals surface area contributed by atoms with Gasteiger partial charge in [-0.25, -0.2) is 0 Å². The Kier molecular flexibility index (Phi) is 2.95. The Morgan fingerprint density at radius 1 is 1.21 bits per heavy atom. The van der Waals surface area contributed by atoms with E-state index in [0.717, 1.165) is 22.6 Å². The Hall–Kier alpha value is -2.29. The van der Waals surface area contributed by atoms with Crippen LogP contribution in [0.15, 0.2) is 48.5 Å². The molecular formula is C16H15NO2. The molecule has 1 amide bonds. The number of carbonyl (C=O) groups is 1. The molecule has 0 spiro atoms. The largest absolute Gasteiger partial charge is 0.492 e. The number of para-hydroxylation sites is 1. The van der Waals surface area contributed by atoms with Gasteiger partial charge < -0.3 is 10.1 Å². The Balaban J connectivity index is 1.79. The molecule has 3 heteroatoms. The molecule has 96 valence electrons. The van der Waals surface area contributed by atoms with Crippen molar-refractivity contribution >= 4 is 11.6 Å². The summed E-state index contributed by atoms with van der Waals surface area (Å²) in [7, 11) is 0. The summed E-state index contributed by atoms with van der Waals surface area (Å²) in [6, 6.07) is 15.5. The quantitative estimate of drug-likeness (QED) is 0.893. The van der Waals surface area contributed by atoms with Gasteiger partial charge >= 0.3 is 0 Å². The average molecular weight is 253 g/mol. The van der Waals surface area contributed by atoms with Crippen LogP contribution in [0.2, 0.25) is 0 Å². The molecule has 3 nitrogen and oxygen atoms in total. The zero-order valence-electron chi connectivity index (χ0n) is 10.7. The first-order valence-electron chi connectivity index (χ1n) is 6.33. The standard InChI is InChI=1S/C16H15NO2/c1-11-5-4-6-12(9-11)17-16(18)14-10-19-15-8-3-2-7-13(14)15/h2-9,14H,10H2,1H3,(H,17,18). The number of nitrogens with one attached hydrogen (secondary N) is 1. The molecule has 2 aromatic carbocycles. The molecule has 0 aliphatic carbocycles. The van der Waals surface area contributed by atoms with Crippen LogP contribution in [0.5, 0.6) is 5.75 Å². The lowest BCUT2D eigenvalue weighted by molar-refractivity contribution is -0.117. The number of fused-ring (bicyclic) bond motifs is 1. The first-order valence-corrected chi connectivity index (χ1v) is 6.33. The van der Waals surface area contributed by atoms with Crippen LogP contribution in [-0.2, 0) is 4.79 Å². The van der Waals surface area contributed by atoms with Gasteiger partial charge in [0.2, 0.25) is 5.91 Å². The van der Waals surface area contributed by atoms with E-state index in [4.69, 9.17) is 4.74 Å². The van der Waals surface area contributed by atoms with Crippen LogP contribution in [0.3, 0.4) is 0 Å². The van der Waals surface area contributed by atoms with E-state index in [1.165, 1.54) is 0 Å². The Morgan fingerprint density at radius 2 is 2.05 bits per heavy atom. The number of carbonyl (C=O) groups excluding carboxylic acids is 1. The average Bonchev–Trinajstić information content (AvgIpc) is 2.82. The number of anilines is 1. The molecule has 1 atom stereocenters. The third-order valence-corrected chi connectivity index (χ3v) is 3.30. The number of hydrogen-bond acceptors (Lipinski definition) is 2. The molecule has 1 N–H and O–H groups in total. The van der Waals surface area contributed by atoms with Gasteiger partial charge in [-0.2, -0.15) is 0 Å². The molecule has 2 aromatic rings. The molecule has 0 saturated heterocycles. The number of benzene rings is 2. The summed E-state index contributed by atoms with van der Waals surface area (Å²) >= 11 is 0. The topological polar surface area (TPSA) is 38.3 Å². The molecule has 0 aromatic heterocycles. The molecule has 0 saturated carbocycles. The van der Waals surface area contributed by atoms with Crippen molar-refractivity contribution in [1.29, 1.82) is 0 Å². The molecule has 0 fully saturated rings. The lowest BCUT2D eigenvalue weighted by Crippen LogP contribution is -2.22. The molecule has 0 bridgehead atoms. The highest BCUT2D eigenvalue weighted by Crippen LogP contribution is 2.34. The normalized spacial score (nSPS) is 16.6. The minimum atomic E-state index is -0.225. The molecule has 1 aliphatic rings. The van der Waals surface area contributed by atoms with E-state index in [9.17, 15) is 4.79 Å². The van der Waals surface area contributed by atoms with Crippen molar-refractivity contribution in [3.63, 3.8) is 0 Å². The number of hydrogen-bond donors (Lipinski definition) is 1. The maximum Gasteiger partial charge on any atom is 0.235 e. The highest BCUT2D eigenvalue weighted by atomic mass is 16.5. The van der Waals surface area contributed by atoms with Crippen LogP contribution >= 0.6 is 0 Å². The van der Waals surface area contributed by atoms with Crippen LogP contribution in [0.4, 0.5) is 5.69 Å². The first-order chi connectivity index (χ1) is 9.24. The number of ether oxygens (including phenoxy) is 1. The third kappa shape index (κ3) is 2.32. The zero-order chi connectivity index (χ0) is 13.2. The molecular weight excluding hydrogens is 238 g/mol. The minimum absolute atomic E-state index is 0.0180. The van der Waals surface area contributed by atoms with Gasteiger partial charge in [-0.05, 0) is 30.7 Å². The molecule has 0 radical (unpaired) electrons. The highest BCUT2D eigenvalue weighted by molar-refractivity contribution is 5.96. The van der Waals surface area contributed by atoms with E-state index in [0.29, 0.717) is 6.61 Å². The summed E-state index contributed by atoms with van der Waals surface area (Å²) in [6.07, 6.45) is 0. The fourth-order valence-electron chi connectivity index (χ4n) is 2.33. The van der Waals surface area contributed by atoms with E-state index in [1.807, 2.05) is 55.5 Å². The molecule has 19 heavy (non-hydrogen) atoms. The van der Waals surface area contributed by atoms with Crippen molar-refractivity contribution in [3.8, 4) is 5.75 Å². The molecule has 1 heterocycles. The second-order valence-electron chi connectivity index (χ2n) is 4.76. The van der Waals surface area contributed by atoms with Crippen LogP contribution in [-0.4, -0.2) is 12.5 Å². The fourth-order valence-corrected chi connectivity index (χ4v) is 2.33. The summed E-state index contributed by atoms with van der Waals surface area (Å²) < 4.78 is 5.53. The van der Waals surface area contributed by atoms with E-state index in [2.05, 4.69) is 5.32 Å². The summed E-state index contributed by atoms with van der Waals surface area (Å²) in [4.78, 5) is 12.3. The van der Waals surface area contributed by atoms with Gasteiger partial charge in [0.1, 0.15) is 18.3 Å². The first kappa shape index (κ1) is 11.8. The maximum absolute atomic E-state index is 12.3. The van der Waals surface area contributed by atoms with Crippen LogP contribution in [0.25, 0.3) is 0 Å². The summed E-state index contributed by atoms with van der Waals surface area (Å²) in [5.74, 6) is 0.569. The van der Waals surface area contributed by atoms with E-state index >= 15 is 0 Å². The van der Waals surface area contributed by atoms with Crippen LogP contribution < -0.4 is 10.1 Å². The van der Waals surface area contributed by atoms with Gasteiger partial charge in [0.15, 0.2) is 0 Å².